The zero-order valence-corrected chi connectivity index (χ0v) is 19.6. The van der Waals surface area contributed by atoms with Crippen molar-refractivity contribution < 1.29 is 14.3 Å². The number of nitrogens with two attached hydrogens (primary N) is 1. The number of hydrogen-bond acceptors (Lipinski definition) is 8. The highest BCUT2D eigenvalue weighted by Crippen LogP contribution is 2.22. The lowest BCUT2D eigenvalue weighted by Gasteiger charge is -2.33. The molecule has 34 heavy (non-hydrogen) atoms. The molecule has 1 aliphatic rings. The van der Waals surface area contributed by atoms with Gasteiger partial charge < -0.3 is 20.1 Å². The fraction of sp³-hybridized carbons (Fsp3) is 0.435. The molecule has 3 aromatic rings. The molecule has 0 saturated carbocycles. The highest BCUT2D eigenvalue weighted by molar-refractivity contribution is 5.76. The number of amides is 1. The molecule has 1 aliphatic heterocycles. The summed E-state index contributed by atoms with van der Waals surface area (Å²) < 4.78 is 14.6. The number of aromatic nitrogens is 5. The van der Waals surface area contributed by atoms with Crippen LogP contribution in [-0.4, -0.2) is 60.1 Å². The first-order valence-electron chi connectivity index (χ1n) is 11.1. The Labute approximate surface area is 196 Å². The van der Waals surface area contributed by atoms with Gasteiger partial charge in [0.25, 0.3) is 5.56 Å². The molecular formula is C23H29N7O4. The van der Waals surface area contributed by atoms with E-state index in [0.717, 1.165) is 0 Å². The number of pyridine rings is 1. The first-order chi connectivity index (χ1) is 16.2. The van der Waals surface area contributed by atoms with Gasteiger partial charge in [-0.05, 0) is 26.8 Å². The summed E-state index contributed by atoms with van der Waals surface area (Å²) >= 11 is 0. The fourth-order valence-electron chi connectivity index (χ4n) is 3.80. The van der Waals surface area contributed by atoms with E-state index in [2.05, 4.69) is 21.5 Å². The predicted octanol–water partition coefficient (Wildman–Crippen LogP) is 2.52. The number of nitrogen functional groups attached to an aromatic ring is 1. The lowest BCUT2D eigenvalue weighted by Crippen LogP contribution is -2.44. The minimum Gasteiger partial charge on any atom is -0.474 e. The molecule has 0 aromatic carbocycles. The maximum Gasteiger partial charge on any atom is 0.410 e. The predicted molar refractivity (Wildman–Crippen MR) is 127 cm³/mol. The van der Waals surface area contributed by atoms with Gasteiger partial charge in [0.2, 0.25) is 11.8 Å². The summed E-state index contributed by atoms with van der Waals surface area (Å²) in [5.74, 6) is 0.923. The van der Waals surface area contributed by atoms with Crippen molar-refractivity contribution in [2.24, 2.45) is 0 Å². The van der Waals surface area contributed by atoms with Crippen molar-refractivity contribution in [3.63, 3.8) is 0 Å². The fourth-order valence-corrected chi connectivity index (χ4v) is 3.80. The van der Waals surface area contributed by atoms with Gasteiger partial charge in [-0.15, -0.1) is 6.58 Å². The number of hydrogen-bond donors (Lipinski definition) is 1. The lowest BCUT2D eigenvalue weighted by atomic mass is 10.1. The Bertz CT molecular complexity index is 1270. The van der Waals surface area contributed by atoms with Crippen LogP contribution in [0.25, 0.3) is 16.9 Å². The van der Waals surface area contributed by atoms with E-state index >= 15 is 0 Å². The Morgan fingerprint density at radius 3 is 2.68 bits per heavy atom. The molecule has 1 saturated heterocycles. The van der Waals surface area contributed by atoms with Gasteiger partial charge in [0.05, 0.1) is 6.54 Å². The molecule has 11 heteroatoms. The van der Waals surface area contributed by atoms with Gasteiger partial charge >= 0.3 is 6.09 Å². The second-order valence-corrected chi connectivity index (χ2v) is 9.07. The maximum atomic E-state index is 12.9. The van der Waals surface area contributed by atoms with E-state index in [4.69, 9.17) is 15.2 Å². The van der Waals surface area contributed by atoms with Crippen LogP contribution in [-0.2, 0) is 11.3 Å². The van der Waals surface area contributed by atoms with Crippen LogP contribution in [0.1, 0.15) is 33.6 Å². The number of piperidine rings is 1. The zero-order valence-electron chi connectivity index (χ0n) is 19.6. The van der Waals surface area contributed by atoms with Crippen molar-refractivity contribution in [3.05, 3.63) is 47.4 Å². The summed E-state index contributed by atoms with van der Waals surface area (Å²) in [5, 5.41) is 0.332. The molecule has 1 fully saturated rings. The van der Waals surface area contributed by atoms with Crippen LogP contribution < -0.4 is 16.0 Å². The van der Waals surface area contributed by atoms with Crippen LogP contribution in [0.15, 0.2) is 41.8 Å². The highest BCUT2D eigenvalue weighted by atomic mass is 16.6. The smallest absolute Gasteiger partial charge is 0.410 e. The Morgan fingerprint density at radius 1 is 1.26 bits per heavy atom. The number of nitrogens with zero attached hydrogens (tertiary/aromatic N) is 6. The van der Waals surface area contributed by atoms with Gasteiger partial charge in [-0.25, -0.2) is 19.1 Å². The molecule has 11 nitrogen and oxygen atoms in total. The van der Waals surface area contributed by atoms with E-state index in [9.17, 15) is 9.59 Å². The van der Waals surface area contributed by atoms with Crippen LogP contribution in [0.2, 0.25) is 0 Å². The number of anilines is 1. The lowest BCUT2D eigenvalue weighted by molar-refractivity contribution is 0.0123. The monoisotopic (exact) mass is 467 g/mol. The van der Waals surface area contributed by atoms with E-state index in [1.165, 1.54) is 10.9 Å². The largest absolute Gasteiger partial charge is 0.474 e. The van der Waals surface area contributed by atoms with Gasteiger partial charge in [0.1, 0.15) is 17.1 Å². The van der Waals surface area contributed by atoms with Crippen molar-refractivity contribution >= 4 is 23.1 Å². The van der Waals surface area contributed by atoms with Gasteiger partial charge in [0, 0.05) is 38.2 Å². The van der Waals surface area contributed by atoms with Crippen molar-refractivity contribution in [2.45, 2.75) is 51.9 Å². The summed E-state index contributed by atoms with van der Waals surface area (Å²) in [7, 11) is 0. The first kappa shape index (κ1) is 23.3. The van der Waals surface area contributed by atoms with E-state index in [-0.39, 0.29) is 30.2 Å². The third-order valence-corrected chi connectivity index (χ3v) is 5.30. The van der Waals surface area contributed by atoms with Crippen LogP contribution in [0.3, 0.4) is 0 Å². The van der Waals surface area contributed by atoms with Gasteiger partial charge in [-0.3, -0.25) is 4.79 Å². The minimum absolute atomic E-state index is 0.0566. The number of rotatable bonds is 5. The van der Waals surface area contributed by atoms with Crippen molar-refractivity contribution in [3.8, 4) is 11.7 Å². The highest BCUT2D eigenvalue weighted by Gasteiger charge is 2.28. The first-order valence-corrected chi connectivity index (χ1v) is 11.1. The molecule has 180 valence electrons. The van der Waals surface area contributed by atoms with E-state index in [0.29, 0.717) is 48.7 Å². The average Bonchev–Trinajstić information content (AvgIpc) is 3.04. The number of allylic oxidation sites excluding steroid dienone is 1. The van der Waals surface area contributed by atoms with Crippen molar-refractivity contribution in [1.82, 2.24) is 29.2 Å². The molecule has 4 heterocycles. The number of fused-ring (bicyclic) bond motifs is 1. The van der Waals surface area contributed by atoms with E-state index < -0.39 is 5.60 Å². The van der Waals surface area contributed by atoms with Crippen LogP contribution in [0.4, 0.5) is 10.7 Å². The number of carbonyl (C=O) groups is 1. The molecule has 0 aliphatic carbocycles. The molecule has 2 N–H and O–H groups in total. The Kier molecular flexibility index (Phi) is 6.27. The van der Waals surface area contributed by atoms with Gasteiger partial charge in [-0.1, -0.05) is 12.1 Å². The summed E-state index contributed by atoms with van der Waals surface area (Å²) in [4.78, 5) is 39.7. The molecule has 4 rings (SSSR count). The van der Waals surface area contributed by atoms with Crippen LogP contribution >= 0.6 is 0 Å². The number of ether oxygens (including phenoxy) is 2. The van der Waals surface area contributed by atoms with Crippen molar-refractivity contribution in [2.75, 3.05) is 18.8 Å². The molecule has 0 spiro atoms. The summed E-state index contributed by atoms with van der Waals surface area (Å²) in [6.07, 6.45) is 3.93. The Hall–Kier alpha value is -3.89. The van der Waals surface area contributed by atoms with Crippen LogP contribution in [0.5, 0.6) is 5.88 Å². The van der Waals surface area contributed by atoms with Crippen molar-refractivity contribution in [1.29, 1.82) is 0 Å². The minimum atomic E-state index is -0.528. The van der Waals surface area contributed by atoms with Gasteiger partial charge in [0.15, 0.2) is 11.5 Å². The molecular weight excluding hydrogens is 438 g/mol. The molecule has 0 unspecified atom stereocenters. The average molecular weight is 468 g/mol. The maximum absolute atomic E-state index is 12.9. The third kappa shape index (κ3) is 4.87. The third-order valence-electron chi connectivity index (χ3n) is 5.30. The zero-order chi connectivity index (χ0) is 24.5. The number of carbonyl (C=O) groups excluding carboxylic acids is 1. The summed E-state index contributed by atoms with van der Waals surface area (Å²) in [5.41, 5.74) is 5.34. The second kappa shape index (κ2) is 9.16. The second-order valence-electron chi connectivity index (χ2n) is 9.07. The number of likely N-dealkylation sites (tertiary alicyclic amines) is 1. The SMILES string of the molecule is C=CCn1c(=O)c2cnc(N)nc2n1-c1cccc(OC2CCN(C(=O)OC(C)(C)C)CC2)n1. The standard InChI is InChI=1S/C23H29N7O4/c1-5-11-29-20(31)16-14-25-21(24)27-19(16)30(29)17-7-6-8-18(26-17)33-15-9-12-28(13-10-15)22(32)34-23(2,3)4/h5-8,14-15H,1,9-13H2,2-4H3,(H2,24,25,27). The normalized spacial score (nSPS) is 14.9. The Balaban J connectivity index is 1.54. The van der Waals surface area contributed by atoms with Gasteiger partial charge in [-0.2, -0.15) is 9.97 Å². The summed E-state index contributed by atoms with van der Waals surface area (Å²) in [6.45, 7) is 10.6. The van der Waals surface area contributed by atoms with E-state index in [1.807, 2.05) is 20.8 Å². The summed E-state index contributed by atoms with van der Waals surface area (Å²) in [6, 6.07) is 5.32. The molecule has 0 bridgehead atoms. The quantitative estimate of drug-likeness (QED) is 0.567. The Morgan fingerprint density at radius 2 is 2.00 bits per heavy atom. The molecule has 0 radical (unpaired) electrons. The van der Waals surface area contributed by atoms with E-state index in [1.54, 1.807) is 33.9 Å². The van der Waals surface area contributed by atoms with Crippen LogP contribution in [0, 0.1) is 0 Å². The molecule has 1 amide bonds. The molecule has 3 aromatic heterocycles. The molecule has 0 atom stereocenters. The topological polar surface area (TPSA) is 130 Å².